The van der Waals surface area contributed by atoms with Gasteiger partial charge in [-0.05, 0) is 47.1 Å². The van der Waals surface area contributed by atoms with E-state index >= 15 is 0 Å². The molecular formula is C13H10BrN3. The van der Waals surface area contributed by atoms with Gasteiger partial charge in [0.25, 0.3) is 0 Å². The van der Waals surface area contributed by atoms with Crippen LogP contribution in [0.4, 0.5) is 0 Å². The molecule has 0 saturated carbocycles. The third-order valence-corrected chi connectivity index (χ3v) is 3.32. The van der Waals surface area contributed by atoms with Gasteiger partial charge in [0.1, 0.15) is 10.4 Å². The van der Waals surface area contributed by atoms with E-state index in [4.69, 9.17) is 0 Å². The van der Waals surface area contributed by atoms with Gasteiger partial charge < -0.3 is 0 Å². The molecule has 0 atom stereocenters. The molecule has 3 rings (SSSR count). The van der Waals surface area contributed by atoms with Crippen molar-refractivity contribution in [1.29, 1.82) is 0 Å². The van der Waals surface area contributed by atoms with E-state index in [1.807, 2.05) is 30.5 Å². The Balaban J connectivity index is 2.38. The molecule has 0 aliphatic heterocycles. The number of rotatable bonds is 1. The maximum absolute atomic E-state index is 4.56. The summed E-state index contributed by atoms with van der Waals surface area (Å²) in [6.07, 6.45) is 3.59. The first kappa shape index (κ1) is 10.5. The number of halogens is 1. The van der Waals surface area contributed by atoms with E-state index in [1.165, 1.54) is 0 Å². The van der Waals surface area contributed by atoms with Crippen molar-refractivity contribution in [2.75, 3.05) is 0 Å². The van der Waals surface area contributed by atoms with Crippen LogP contribution >= 0.6 is 15.9 Å². The lowest BCUT2D eigenvalue weighted by atomic mass is 10.2. The Morgan fingerprint density at radius 3 is 2.82 bits per heavy atom. The Hall–Kier alpha value is -1.68. The summed E-state index contributed by atoms with van der Waals surface area (Å²) in [7, 11) is 0. The summed E-state index contributed by atoms with van der Waals surface area (Å²) in [6.45, 7) is 2.07. The van der Waals surface area contributed by atoms with Crippen molar-refractivity contribution in [3.8, 4) is 11.4 Å². The number of aryl methyl sites for hydroxylation is 1. The zero-order chi connectivity index (χ0) is 11.8. The molecular weight excluding hydrogens is 278 g/mol. The molecule has 4 heteroatoms. The van der Waals surface area contributed by atoms with Crippen LogP contribution in [0.1, 0.15) is 5.69 Å². The lowest BCUT2D eigenvalue weighted by molar-refractivity contribution is 1.08. The van der Waals surface area contributed by atoms with Crippen LogP contribution in [-0.2, 0) is 0 Å². The van der Waals surface area contributed by atoms with Crippen molar-refractivity contribution in [3.63, 3.8) is 0 Å². The minimum absolute atomic E-state index is 0.861. The zero-order valence-corrected chi connectivity index (χ0v) is 10.8. The van der Waals surface area contributed by atoms with Crippen molar-refractivity contribution in [3.05, 3.63) is 53.0 Å². The Kier molecular flexibility index (Phi) is 2.44. The molecule has 3 nitrogen and oxygen atoms in total. The molecule has 0 amide bonds. The van der Waals surface area contributed by atoms with E-state index in [0.717, 1.165) is 27.2 Å². The van der Waals surface area contributed by atoms with Gasteiger partial charge in [-0.1, -0.05) is 6.07 Å². The number of imidazole rings is 1. The number of aromatic nitrogens is 3. The third kappa shape index (κ3) is 1.65. The van der Waals surface area contributed by atoms with Crippen molar-refractivity contribution in [2.24, 2.45) is 0 Å². The number of hydrogen-bond donors (Lipinski definition) is 0. The number of hydrogen-bond acceptors (Lipinski definition) is 2. The highest BCUT2D eigenvalue weighted by Crippen LogP contribution is 2.26. The van der Waals surface area contributed by atoms with Gasteiger partial charge in [0.15, 0.2) is 0 Å². The molecule has 0 aromatic carbocycles. The van der Waals surface area contributed by atoms with E-state index in [1.54, 1.807) is 6.20 Å². The molecule has 0 aliphatic rings. The smallest absolute Gasteiger partial charge is 0.147 e. The standard InChI is InChI=1S/C13H10BrN3/c1-9-4-2-6-11-12(14)16-13(17(9)11)10-5-3-7-15-8-10/h2-8H,1H3. The molecule has 0 radical (unpaired) electrons. The van der Waals surface area contributed by atoms with Crippen LogP contribution in [0, 0.1) is 6.92 Å². The lowest BCUT2D eigenvalue weighted by Gasteiger charge is -2.04. The van der Waals surface area contributed by atoms with Crippen LogP contribution in [0.3, 0.4) is 0 Å². The molecule has 3 aromatic rings. The summed E-state index contributed by atoms with van der Waals surface area (Å²) in [5.41, 5.74) is 3.24. The second-order valence-corrected chi connectivity index (χ2v) is 4.61. The van der Waals surface area contributed by atoms with Crippen LogP contribution in [0.2, 0.25) is 0 Å². The molecule has 3 aromatic heterocycles. The van der Waals surface area contributed by atoms with Crippen LogP contribution < -0.4 is 0 Å². The SMILES string of the molecule is Cc1cccc2c(Br)nc(-c3cccnc3)n12. The van der Waals surface area contributed by atoms with Crippen LogP contribution in [0.15, 0.2) is 47.3 Å². The Morgan fingerprint density at radius 2 is 2.06 bits per heavy atom. The summed E-state index contributed by atoms with van der Waals surface area (Å²) in [5, 5.41) is 0. The molecule has 84 valence electrons. The monoisotopic (exact) mass is 287 g/mol. The Morgan fingerprint density at radius 1 is 1.18 bits per heavy atom. The maximum Gasteiger partial charge on any atom is 0.147 e. The number of pyridine rings is 2. The highest BCUT2D eigenvalue weighted by molar-refractivity contribution is 9.10. The summed E-state index contributed by atoms with van der Waals surface area (Å²) in [4.78, 5) is 8.70. The van der Waals surface area contributed by atoms with Gasteiger partial charge in [-0.15, -0.1) is 0 Å². The van der Waals surface area contributed by atoms with Crippen LogP contribution in [0.5, 0.6) is 0 Å². The molecule has 0 unspecified atom stereocenters. The predicted molar refractivity (Wildman–Crippen MR) is 70.9 cm³/mol. The van der Waals surface area contributed by atoms with E-state index in [2.05, 4.69) is 43.3 Å². The fraction of sp³-hybridized carbons (Fsp3) is 0.0769. The summed E-state index contributed by atoms with van der Waals surface area (Å²) < 4.78 is 2.99. The fourth-order valence-electron chi connectivity index (χ4n) is 1.95. The van der Waals surface area contributed by atoms with Crippen molar-refractivity contribution < 1.29 is 0 Å². The van der Waals surface area contributed by atoms with Gasteiger partial charge in [-0.3, -0.25) is 9.38 Å². The lowest BCUT2D eigenvalue weighted by Crippen LogP contribution is -1.93. The van der Waals surface area contributed by atoms with Gasteiger partial charge in [-0.2, -0.15) is 0 Å². The van der Waals surface area contributed by atoms with E-state index in [0.29, 0.717) is 0 Å². The molecule has 3 heterocycles. The van der Waals surface area contributed by atoms with Gasteiger partial charge >= 0.3 is 0 Å². The molecule has 0 saturated heterocycles. The summed E-state index contributed by atoms with van der Waals surface area (Å²) >= 11 is 3.50. The van der Waals surface area contributed by atoms with Crippen LogP contribution in [0.25, 0.3) is 16.9 Å². The van der Waals surface area contributed by atoms with Crippen molar-refractivity contribution in [2.45, 2.75) is 6.92 Å². The molecule has 0 N–H and O–H groups in total. The maximum atomic E-state index is 4.56. The van der Waals surface area contributed by atoms with Gasteiger partial charge in [0, 0.05) is 23.7 Å². The van der Waals surface area contributed by atoms with Gasteiger partial charge in [0.05, 0.1) is 5.52 Å². The van der Waals surface area contributed by atoms with E-state index < -0.39 is 0 Å². The highest BCUT2D eigenvalue weighted by Gasteiger charge is 2.11. The Labute approximate surface area is 107 Å². The topological polar surface area (TPSA) is 30.2 Å². The first-order valence-electron chi connectivity index (χ1n) is 5.31. The van der Waals surface area contributed by atoms with Gasteiger partial charge in [0.2, 0.25) is 0 Å². The van der Waals surface area contributed by atoms with Crippen molar-refractivity contribution >= 4 is 21.4 Å². The number of fused-ring (bicyclic) bond motifs is 1. The average Bonchev–Trinajstić information content (AvgIpc) is 2.70. The first-order chi connectivity index (χ1) is 8.27. The van der Waals surface area contributed by atoms with E-state index in [-0.39, 0.29) is 0 Å². The second-order valence-electron chi connectivity index (χ2n) is 3.86. The fourth-order valence-corrected chi connectivity index (χ4v) is 2.43. The molecule has 17 heavy (non-hydrogen) atoms. The molecule has 0 spiro atoms. The van der Waals surface area contributed by atoms with Crippen LogP contribution in [-0.4, -0.2) is 14.4 Å². The summed E-state index contributed by atoms with van der Waals surface area (Å²) in [6, 6.07) is 10.1. The average molecular weight is 288 g/mol. The zero-order valence-electron chi connectivity index (χ0n) is 9.26. The predicted octanol–water partition coefficient (Wildman–Crippen LogP) is 3.47. The quantitative estimate of drug-likeness (QED) is 0.686. The minimum atomic E-state index is 0.861. The second kappa shape index (κ2) is 3.96. The van der Waals surface area contributed by atoms with E-state index in [9.17, 15) is 0 Å². The summed E-state index contributed by atoms with van der Waals surface area (Å²) in [5.74, 6) is 0.915. The first-order valence-corrected chi connectivity index (χ1v) is 6.10. The minimum Gasteiger partial charge on any atom is -0.296 e. The third-order valence-electron chi connectivity index (χ3n) is 2.73. The van der Waals surface area contributed by atoms with Gasteiger partial charge in [-0.25, -0.2) is 4.98 Å². The highest BCUT2D eigenvalue weighted by atomic mass is 79.9. The Bertz CT molecular complexity index is 674. The largest absolute Gasteiger partial charge is 0.296 e. The van der Waals surface area contributed by atoms with Crippen molar-refractivity contribution in [1.82, 2.24) is 14.4 Å². The molecule has 0 fully saturated rings. The normalized spacial score (nSPS) is 10.9. The number of nitrogens with zero attached hydrogens (tertiary/aromatic N) is 3. The molecule has 0 aliphatic carbocycles. The molecule has 0 bridgehead atoms.